The van der Waals surface area contributed by atoms with Gasteiger partial charge in [0.1, 0.15) is 0 Å². The Hall–Kier alpha value is -1.80. The number of halogens is 4. The van der Waals surface area contributed by atoms with Crippen LogP contribution in [0.5, 0.6) is 0 Å². The highest BCUT2D eigenvalue weighted by Crippen LogP contribution is 2.29. The Kier molecular flexibility index (Phi) is 7.07. The minimum absolute atomic E-state index is 0.201. The van der Waals surface area contributed by atoms with Gasteiger partial charge in [0.15, 0.2) is 0 Å². The quantitative estimate of drug-likeness (QED) is 0.525. The van der Waals surface area contributed by atoms with Gasteiger partial charge in [-0.25, -0.2) is 5.43 Å². The van der Waals surface area contributed by atoms with E-state index in [0.29, 0.717) is 5.75 Å². The Morgan fingerprint density at radius 1 is 1.20 bits per heavy atom. The first-order valence-corrected chi connectivity index (χ1v) is 9.11. The molecule has 0 aliphatic heterocycles. The first-order valence-electron chi connectivity index (χ1n) is 7.16. The van der Waals surface area contributed by atoms with Crippen molar-refractivity contribution in [1.82, 2.24) is 5.43 Å². The number of hydrogen-bond acceptors (Lipinski definition) is 3. The van der Waals surface area contributed by atoms with Crippen molar-refractivity contribution in [3.05, 3.63) is 69.7 Å². The van der Waals surface area contributed by atoms with E-state index in [0.717, 1.165) is 22.2 Å². The minimum Gasteiger partial charge on any atom is -0.272 e. The standard InChI is InChI=1S/C17H14BrF3N2OS/c18-15-6-2-4-13(8-15)10-25-11-16(24)23-22-9-12-3-1-5-14(7-12)17(19,20)21/h1-9H,10-11H2,(H,23,24)/b22-9+. The number of carbonyl (C=O) groups is 1. The highest BCUT2D eigenvalue weighted by atomic mass is 79.9. The maximum absolute atomic E-state index is 12.6. The number of thioether (sulfide) groups is 1. The van der Waals surface area contributed by atoms with Crippen molar-refractivity contribution >= 4 is 39.8 Å². The first-order chi connectivity index (χ1) is 11.8. The van der Waals surface area contributed by atoms with E-state index in [-0.39, 0.29) is 17.2 Å². The van der Waals surface area contributed by atoms with Gasteiger partial charge in [-0.1, -0.05) is 40.2 Å². The molecule has 0 radical (unpaired) electrons. The second kappa shape index (κ2) is 9.05. The molecular weight excluding hydrogens is 417 g/mol. The molecule has 0 spiro atoms. The lowest BCUT2D eigenvalue weighted by Gasteiger charge is -2.06. The van der Waals surface area contributed by atoms with Crippen molar-refractivity contribution in [2.75, 3.05) is 5.75 Å². The molecule has 1 N–H and O–H groups in total. The smallest absolute Gasteiger partial charge is 0.272 e. The van der Waals surface area contributed by atoms with Crippen molar-refractivity contribution in [3.8, 4) is 0 Å². The van der Waals surface area contributed by atoms with E-state index in [1.165, 1.54) is 30.1 Å². The van der Waals surface area contributed by atoms with Crippen LogP contribution in [-0.4, -0.2) is 17.9 Å². The zero-order valence-electron chi connectivity index (χ0n) is 12.9. The lowest BCUT2D eigenvalue weighted by atomic mass is 10.1. The molecular formula is C17H14BrF3N2OS. The van der Waals surface area contributed by atoms with Gasteiger partial charge in [0.2, 0.25) is 5.91 Å². The van der Waals surface area contributed by atoms with Crippen LogP contribution in [0.25, 0.3) is 0 Å². The summed E-state index contributed by atoms with van der Waals surface area (Å²) < 4.78 is 38.8. The van der Waals surface area contributed by atoms with Crippen molar-refractivity contribution in [2.24, 2.45) is 5.10 Å². The van der Waals surface area contributed by atoms with Crippen LogP contribution < -0.4 is 5.43 Å². The molecule has 0 saturated carbocycles. The third-order valence-electron chi connectivity index (χ3n) is 3.01. The Morgan fingerprint density at radius 3 is 2.68 bits per heavy atom. The largest absolute Gasteiger partial charge is 0.416 e. The van der Waals surface area contributed by atoms with Crippen LogP contribution in [-0.2, 0) is 16.7 Å². The molecule has 0 fully saturated rings. The van der Waals surface area contributed by atoms with Crippen molar-refractivity contribution in [1.29, 1.82) is 0 Å². The Balaban J connectivity index is 1.79. The summed E-state index contributed by atoms with van der Waals surface area (Å²) in [5, 5.41) is 3.69. The van der Waals surface area contributed by atoms with Crippen LogP contribution in [0.4, 0.5) is 13.2 Å². The van der Waals surface area contributed by atoms with Gasteiger partial charge in [-0.15, -0.1) is 11.8 Å². The summed E-state index contributed by atoms with van der Waals surface area (Å²) in [7, 11) is 0. The third kappa shape index (κ3) is 6.91. The van der Waals surface area contributed by atoms with Crippen molar-refractivity contribution in [2.45, 2.75) is 11.9 Å². The van der Waals surface area contributed by atoms with Gasteiger partial charge in [-0.2, -0.15) is 18.3 Å². The van der Waals surface area contributed by atoms with Crippen molar-refractivity contribution in [3.63, 3.8) is 0 Å². The van der Waals surface area contributed by atoms with Gasteiger partial charge in [0.25, 0.3) is 0 Å². The van der Waals surface area contributed by atoms with Gasteiger partial charge in [0.05, 0.1) is 17.5 Å². The van der Waals surface area contributed by atoms with Crippen LogP contribution in [0, 0.1) is 0 Å². The predicted molar refractivity (Wildman–Crippen MR) is 97.5 cm³/mol. The molecule has 0 bridgehead atoms. The van der Waals surface area contributed by atoms with Crippen LogP contribution >= 0.6 is 27.7 Å². The highest BCUT2D eigenvalue weighted by Gasteiger charge is 2.30. The molecule has 3 nitrogen and oxygen atoms in total. The lowest BCUT2D eigenvalue weighted by Crippen LogP contribution is -2.19. The highest BCUT2D eigenvalue weighted by molar-refractivity contribution is 9.10. The summed E-state index contributed by atoms with van der Waals surface area (Å²) in [6.45, 7) is 0. The molecule has 1 amide bonds. The Bertz CT molecular complexity index is 766. The van der Waals surface area contributed by atoms with E-state index in [2.05, 4.69) is 26.5 Å². The zero-order chi connectivity index (χ0) is 18.3. The van der Waals surface area contributed by atoms with Gasteiger partial charge < -0.3 is 0 Å². The van der Waals surface area contributed by atoms with E-state index in [9.17, 15) is 18.0 Å². The molecule has 0 unspecified atom stereocenters. The summed E-state index contributed by atoms with van der Waals surface area (Å²) >= 11 is 4.80. The van der Waals surface area contributed by atoms with Crippen LogP contribution in [0.2, 0.25) is 0 Å². The summed E-state index contributed by atoms with van der Waals surface area (Å²) in [6.07, 6.45) is -3.22. The molecule has 2 rings (SSSR count). The topological polar surface area (TPSA) is 41.5 Å². The molecule has 2 aromatic rings. The predicted octanol–water partition coefficient (Wildman–Crippen LogP) is 4.85. The van der Waals surface area contributed by atoms with Crippen molar-refractivity contribution < 1.29 is 18.0 Å². The molecule has 25 heavy (non-hydrogen) atoms. The number of benzene rings is 2. The monoisotopic (exact) mass is 430 g/mol. The molecule has 0 aromatic heterocycles. The third-order valence-corrected chi connectivity index (χ3v) is 4.50. The van der Waals surface area contributed by atoms with E-state index < -0.39 is 11.7 Å². The normalized spacial score (nSPS) is 11.7. The van der Waals surface area contributed by atoms with Crippen LogP contribution in [0.1, 0.15) is 16.7 Å². The fourth-order valence-electron chi connectivity index (χ4n) is 1.89. The lowest BCUT2D eigenvalue weighted by molar-refractivity contribution is -0.137. The second-order valence-electron chi connectivity index (χ2n) is 5.04. The number of amides is 1. The summed E-state index contributed by atoms with van der Waals surface area (Å²) in [5.41, 5.74) is 2.89. The number of hydrazone groups is 1. The summed E-state index contributed by atoms with van der Waals surface area (Å²) in [4.78, 5) is 11.7. The van der Waals surface area contributed by atoms with Crippen LogP contribution in [0.3, 0.4) is 0 Å². The minimum atomic E-state index is -4.41. The van der Waals surface area contributed by atoms with Gasteiger partial charge in [0, 0.05) is 10.2 Å². The fraction of sp³-hybridized carbons (Fsp3) is 0.176. The first kappa shape index (κ1) is 19.5. The number of carbonyl (C=O) groups excluding carboxylic acids is 1. The molecule has 8 heteroatoms. The molecule has 2 aromatic carbocycles. The average Bonchev–Trinajstić information content (AvgIpc) is 2.54. The van der Waals surface area contributed by atoms with Gasteiger partial charge in [-0.05, 0) is 35.4 Å². The fourth-order valence-corrected chi connectivity index (χ4v) is 3.11. The van der Waals surface area contributed by atoms with E-state index in [4.69, 9.17) is 0 Å². The summed E-state index contributed by atoms with van der Waals surface area (Å²) in [6, 6.07) is 12.5. The number of nitrogens with one attached hydrogen (secondary N) is 1. The number of alkyl halides is 3. The van der Waals surface area contributed by atoms with Crippen LogP contribution in [0.15, 0.2) is 58.1 Å². The number of nitrogens with zero attached hydrogens (tertiary/aromatic N) is 1. The van der Waals surface area contributed by atoms with E-state index in [1.54, 1.807) is 0 Å². The SMILES string of the molecule is O=C(CSCc1cccc(Br)c1)N/N=C/c1cccc(C(F)(F)F)c1. The van der Waals surface area contributed by atoms with E-state index in [1.807, 2.05) is 24.3 Å². The molecule has 0 heterocycles. The average molecular weight is 431 g/mol. The Labute approximate surface area is 155 Å². The van der Waals surface area contributed by atoms with Gasteiger partial charge >= 0.3 is 6.18 Å². The zero-order valence-corrected chi connectivity index (χ0v) is 15.3. The number of rotatable bonds is 6. The Morgan fingerprint density at radius 2 is 1.96 bits per heavy atom. The maximum atomic E-state index is 12.6. The summed E-state index contributed by atoms with van der Waals surface area (Å²) in [5.74, 6) is 0.555. The number of hydrogen-bond donors (Lipinski definition) is 1. The van der Waals surface area contributed by atoms with Gasteiger partial charge in [-0.3, -0.25) is 4.79 Å². The second-order valence-corrected chi connectivity index (χ2v) is 6.94. The maximum Gasteiger partial charge on any atom is 0.416 e. The molecule has 0 atom stereocenters. The molecule has 0 aliphatic rings. The molecule has 132 valence electrons. The molecule has 0 saturated heterocycles. The van der Waals surface area contributed by atoms with E-state index >= 15 is 0 Å². The molecule has 0 aliphatic carbocycles.